The SMILES string of the molecule is CCNC(=NCCc1sc(C)nc1C)NCCc1c[nH]c2cccc(C)c12. The zero-order chi connectivity index (χ0) is 19.2. The maximum atomic E-state index is 4.72. The summed E-state index contributed by atoms with van der Waals surface area (Å²) >= 11 is 1.77. The molecule has 3 N–H and O–H groups in total. The Bertz CT molecular complexity index is 922. The summed E-state index contributed by atoms with van der Waals surface area (Å²) in [5.74, 6) is 0.882. The van der Waals surface area contributed by atoms with Crippen molar-refractivity contribution in [3.63, 3.8) is 0 Å². The smallest absolute Gasteiger partial charge is 0.191 e. The number of nitrogens with one attached hydrogen (secondary N) is 3. The summed E-state index contributed by atoms with van der Waals surface area (Å²) in [5, 5.41) is 9.27. The van der Waals surface area contributed by atoms with Gasteiger partial charge in [-0.15, -0.1) is 11.3 Å². The fourth-order valence-corrected chi connectivity index (χ4v) is 4.31. The number of aryl methyl sites for hydroxylation is 3. The van der Waals surface area contributed by atoms with E-state index in [-0.39, 0.29) is 0 Å². The number of fused-ring (bicyclic) bond motifs is 1. The molecule has 0 saturated carbocycles. The molecule has 0 unspecified atom stereocenters. The summed E-state index contributed by atoms with van der Waals surface area (Å²) in [6, 6.07) is 6.40. The third kappa shape index (κ3) is 4.89. The van der Waals surface area contributed by atoms with E-state index in [1.165, 1.54) is 26.9 Å². The van der Waals surface area contributed by atoms with Crippen molar-refractivity contribution in [2.24, 2.45) is 4.99 Å². The van der Waals surface area contributed by atoms with E-state index in [1.807, 2.05) is 0 Å². The second-order valence-electron chi connectivity index (χ2n) is 6.74. The Balaban J connectivity index is 1.56. The van der Waals surface area contributed by atoms with Gasteiger partial charge in [-0.25, -0.2) is 4.98 Å². The van der Waals surface area contributed by atoms with Gasteiger partial charge in [0.15, 0.2) is 5.96 Å². The van der Waals surface area contributed by atoms with E-state index in [0.29, 0.717) is 0 Å². The molecule has 2 heterocycles. The van der Waals surface area contributed by atoms with Crippen LogP contribution < -0.4 is 10.6 Å². The molecule has 144 valence electrons. The molecule has 0 amide bonds. The molecule has 6 heteroatoms. The predicted octanol–water partition coefficient (Wildman–Crippen LogP) is 3.89. The maximum Gasteiger partial charge on any atom is 0.191 e. The first kappa shape index (κ1) is 19.4. The molecule has 2 aromatic heterocycles. The molecule has 0 spiro atoms. The second-order valence-corrected chi connectivity index (χ2v) is 8.03. The van der Waals surface area contributed by atoms with Crippen LogP contribution in [0.1, 0.15) is 33.6 Å². The van der Waals surface area contributed by atoms with Crippen LogP contribution in [-0.4, -0.2) is 35.6 Å². The Morgan fingerprint density at radius 3 is 2.78 bits per heavy atom. The number of thiazole rings is 1. The normalized spacial score (nSPS) is 11.9. The third-order valence-corrected chi connectivity index (χ3v) is 5.77. The highest BCUT2D eigenvalue weighted by Gasteiger charge is 2.07. The summed E-state index contributed by atoms with van der Waals surface area (Å²) < 4.78 is 0. The predicted molar refractivity (Wildman–Crippen MR) is 116 cm³/mol. The topological polar surface area (TPSA) is 65.1 Å². The van der Waals surface area contributed by atoms with Crippen molar-refractivity contribution < 1.29 is 0 Å². The van der Waals surface area contributed by atoms with Crippen LogP contribution >= 0.6 is 11.3 Å². The molecule has 0 saturated heterocycles. The molecule has 0 atom stereocenters. The van der Waals surface area contributed by atoms with E-state index in [2.05, 4.69) is 72.7 Å². The van der Waals surface area contributed by atoms with E-state index < -0.39 is 0 Å². The van der Waals surface area contributed by atoms with Gasteiger partial charge in [0.2, 0.25) is 0 Å². The van der Waals surface area contributed by atoms with Crippen LogP contribution in [0.25, 0.3) is 10.9 Å². The zero-order valence-electron chi connectivity index (χ0n) is 16.6. The fraction of sp³-hybridized carbons (Fsp3) is 0.429. The summed E-state index contributed by atoms with van der Waals surface area (Å²) in [6.07, 6.45) is 4.02. The van der Waals surface area contributed by atoms with Gasteiger partial charge in [0.05, 0.1) is 10.7 Å². The summed E-state index contributed by atoms with van der Waals surface area (Å²) in [7, 11) is 0. The Labute approximate surface area is 165 Å². The van der Waals surface area contributed by atoms with E-state index >= 15 is 0 Å². The lowest BCUT2D eigenvalue weighted by molar-refractivity contribution is 0.799. The summed E-state index contributed by atoms with van der Waals surface area (Å²) in [4.78, 5) is 13.9. The third-order valence-electron chi connectivity index (χ3n) is 4.64. The van der Waals surface area contributed by atoms with Crippen molar-refractivity contribution >= 4 is 28.2 Å². The minimum atomic E-state index is 0.768. The summed E-state index contributed by atoms with van der Waals surface area (Å²) in [5.41, 5.74) is 5.02. The largest absolute Gasteiger partial charge is 0.361 e. The molecule has 0 bridgehead atoms. The van der Waals surface area contributed by atoms with Crippen molar-refractivity contribution in [1.29, 1.82) is 0 Å². The standard InChI is InChI=1S/C21H29N5S/c1-5-22-21(24-12-10-19-15(3)26-16(4)27-19)23-11-9-17-13-25-18-8-6-7-14(2)20(17)18/h6-8,13,25H,5,9-12H2,1-4H3,(H2,22,23,24). The lowest BCUT2D eigenvalue weighted by atomic mass is 10.1. The Morgan fingerprint density at radius 2 is 2.04 bits per heavy atom. The van der Waals surface area contributed by atoms with Crippen LogP contribution in [-0.2, 0) is 12.8 Å². The Kier molecular flexibility index (Phi) is 6.50. The lowest BCUT2D eigenvalue weighted by Crippen LogP contribution is -2.38. The quantitative estimate of drug-likeness (QED) is 0.428. The van der Waals surface area contributed by atoms with Gasteiger partial charge >= 0.3 is 0 Å². The number of aromatic nitrogens is 2. The van der Waals surface area contributed by atoms with E-state index in [9.17, 15) is 0 Å². The molecular formula is C21H29N5S. The molecule has 3 rings (SSSR count). The minimum absolute atomic E-state index is 0.768. The molecule has 0 radical (unpaired) electrons. The average molecular weight is 384 g/mol. The molecule has 0 aliphatic carbocycles. The number of benzene rings is 1. The van der Waals surface area contributed by atoms with Gasteiger partial charge in [-0.05, 0) is 51.3 Å². The van der Waals surface area contributed by atoms with Gasteiger partial charge < -0.3 is 15.6 Å². The molecule has 5 nitrogen and oxygen atoms in total. The van der Waals surface area contributed by atoms with Gasteiger partial charge in [0.25, 0.3) is 0 Å². The van der Waals surface area contributed by atoms with Gasteiger partial charge in [-0.2, -0.15) is 0 Å². The van der Waals surface area contributed by atoms with Crippen LogP contribution in [0, 0.1) is 20.8 Å². The lowest BCUT2D eigenvalue weighted by Gasteiger charge is -2.11. The van der Waals surface area contributed by atoms with Gasteiger partial charge in [0.1, 0.15) is 0 Å². The number of hydrogen-bond acceptors (Lipinski definition) is 3. The van der Waals surface area contributed by atoms with Gasteiger partial charge in [-0.1, -0.05) is 12.1 Å². The van der Waals surface area contributed by atoms with Crippen LogP contribution in [0.15, 0.2) is 29.4 Å². The highest BCUT2D eigenvalue weighted by atomic mass is 32.1. The molecule has 0 fully saturated rings. The maximum absolute atomic E-state index is 4.72. The van der Waals surface area contributed by atoms with Gasteiger partial charge in [0, 0.05) is 48.0 Å². The van der Waals surface area contributed by atoms with E-state index in [1.54, 1.807) is 11.3 Å². The first-order valence-corrected chi connectivity index (χ1v) is 10.4. The molecule has 0 aliphatic rings. The summed E-state index contributed by atoms with van der Waals surface area (Å²) in [6.45, 7) is 10.9. The molecule has 27 heavy (non-hydrogen) atoms. The van der Waals surface area contributed by atoms with Gasteiger partial charge in [-0.3, -0.25) is 4.99 Å². The minimum Gasteiger partial charge on any atom is -0.361 e. The number of rotatable bonds is 7. The van der Waals surface area contributed by atoms with Crippen molar-refractivity contribution in [3.05, 3.63) is 51.1 Å². The number of nitrogens with zero attached hydrogens (tertiary/aromatic N) is 2. The number of H-pyrrole nitrogens is 1. The van der Waals surface area contributed by atoms with Crippen LogP contribution in [0.5, 0.6) is 0 Å². The number of hydrogen-bond donors (Lipinski definition) is 3. The van der Waals surface area contributed by atoms with Crippen molar-refractivity contribution in [2.45, 2.75) is 40.5 Å². The first-order valence-electron chi connectivity index (χ1n) is 9.59. The zero-order valence-corrected chi connectivity index (χ0v) is 17.5. The first-order chi connectivity index (χ1) is 13.1. The van der Waals surface area contributed by atoms with Crippen LogP contribution in [0.3, 0.4) is 0 Å². The second kappa shape index (κ2) is 9.04. The average Bonchev–Trinajstić information content (AvgIpc) is 3.19. The monoisotopic (exact) mass is 383 g/mol. The van der Waals surface area contributed by atoms with Crippen LogP contribution in [0.2, 0.25) is 0 Å². The molecule has 0 aliphatic heterocycles. The number of aromatic amines is 1. The fourth-order valence-electron chi connectivity index (χ4n) is 3.38. The molecule has 1 aromatic carbocycles. The van der Waals surface area contributed by atoms with Crippen molar-refractivity contribution in [3.8, 4) is 0 Å². The Hall–Kier alpha value is -2.34. The molecular weight excluding hydrogens is 354 g/mol. The number of aliphatic imine (C=N–C) groups is 1. The highest BCUT2D eigenvalue weighted by molar-refractivity contribution is 7.11. The highest BCUT2D eigenvalue weighted by Crippen LogP contribution is 2.22. The van der Waals surface area contributed by atoms with Crippen molar-refractivity contribution in [2.75, 3.05) is 19.6 Å². The van der Waals surface area contributed by atoms with E-state index in [4.69, 9.17) is 4.99 Å². The van der Waals surface area contributed by atoms with Crippen molar-refractivity contribution in [1.82, 2.24) is 20.6 Å². The molecule has 3 aromatic rings. The van der Waals surface area contributed by atoms with E-state index in [0.717, 1.165) is 49.1 Å². The van der Waals surface area contributed by atoms with Crippen LogP contribution in [0.4, 0.5) is 0 Å². The number of guanidine groups is 1. The Morgan fingerprint density at radius 1 is 1.19 bits per heavy atom.